The third-order valence-corrected chi connectivity index (χ3v) is 3.29. The highest BCUT2D eigenvalue weighted by Gasteiger charge is 2.11. The molecule has 1 atom stereocenters. The van der Waals surface area contributed by atoms with Gasteiger partial charge < -0.3 is 10.6 Å². The smallest absolute Gasteiger partial charge is 0.236 e. The maximum absolute atomic E-state index is 11.6. The Bertz CT molecular complexity index is 408. The Morgan fingerprint density at radius 2 is 2.35 bits per heavy atom. The van der Waals surface area contributed by atoms with Gasteiger partial charge in [0, 0.05) is 18.0 Å². The van der Waals surface area contributed by atoms with Crippen molar-refractivity contribution in [1.29, 1.82) is 5.26 Å². The molecule has 1 heterocycles. The van der Waals surface area contributed by atoms with Gasteiger partial charge in [-0.2, -0.15) is 5.26 Å². The highest BCUT2D eigenvalue weighted by molar-refractivity contribution is 7.12. The molecule has 2 N–H and O–H groups in total. The average molecular weight is 251 g/mol. The van der Waals surface area contributed by atoms with E-state index in [1.54, 1.807) is 6.07 Å². The first kappa shape index (κ1) is 13.7. The molecule has 1 amide bonds. The Balaban J connectivity index is 2.35. The fraction of sp³-hybridized carbons (Fsp3) is 0.500. The van der Waals surface area contributed by atoms with Crippen LogP contribution >= 0.6 is 11.3 Å². The van der Waals surface area contributed by atoms with Crippen LogP contribution in [0.2, 0.25) is 0 Å². The minimum Gasteiger partial charge on any atom is -0.355 e. The monoisotopic (exact) mass is 251 g/mol. The molecular formula is C12H17N3OS. The third-order valence-electron chi connectivity index (χ3n) is 2.30. The molecule has 0 aliphatic rings. The second-order valence-corrected chi connectivity index (χ2v) is 4.94. The molecule has 0 aliphatic carbocycles. The molecule has 17 heavy (non-hydrogen) atoms. The predicted molar refractivity (Wildman–Crippen MR) is 68.6 cm³/mol. The average Bonchev–Trinajstić information content (AvgIpc) is 2.80. The Labute approximate surface area is 106 Å². The minimum absolute atomic E-state index is 0.0175. The Kier molecular flexibility index (Phi) is 5.67. The maximum Gasteiger partial charge on any atom is 0.236 e. The number of nitrogens with zero attached hydrogens (tertiary/aromatic N) is 1. The summed E-state index contributed by atoms with van der Waals surface area (Å²) in [5, 5.41) is 14.7. The van der Waals surface area contributed by atoms with Crippen LogP contribution in [-0.2, 0) is 11.3 Å². The lowest BCUT2D eigenvalue weighted by molar-refractivity contribution is -0.122. The molecule has 0 bridgehead atoms. The summed E-state index contributed by atoms with van der Waals surface area (Å²) < 4.78 is 0. The van der Waals surface area contributed by atoms with Crippen molar-refractivity contribution in [1.82, 2.24) is 10.6 Å². The zero-order chi connectivity index (χ0) is 12.7. The quantitative estimate of drug-likeness (QED) is 0.807. The number of carbonyl (C=O) groups is 1. The summed E-state index contributed by atoms with van der Waals surface area (Å²) in [5.74, 6) is 0.0175. The van der Waals surface area contributed by atoms with Crippen LogP contribution in [0.15, 0.2) is 12.1 Å². The highest BCUT2D eigenvalue weighted by atomic mass is 32.1. The second kappa shape index (κ2) is 7.05. The van der Waals surface area contributed by atoms with Crippen LogP contribution in [-0.4, -0.2) is 18.5 Å². The summed E-state index contributed by atoms with van der Waals surface area (Å²) in [4.78, 5) is 13.3. The molecule has 0 fully saturated rings. The Morgan fingerprint density at radius 3 is 2.94 bits per heavy atom. The van der Waals surface area contributed by atoms with Gasteiger partial charge in [-0.3, -0.25) is 4.79 Å². The highest BCUT2D eigenvalue weighted by Crippen LogP contribution is 2.14. The van der Waals surface area contributed by atoms with Crippen molar-refractivity contribution in [2.24, 2.45) is 0 Å². The molecule has 0 saturated heterocycles. The first-order chi connectivity index (χ1) is 8.17. The van der Waals surface area contributed by atoms with Crippen LogP contribution in [0, 0.1) is 11.3 Å². The first-order valence-corrected chi connectivity index (χ1v) is 6.49. The Morgan fingerprint density at radius 1 is 1.59 bits per heavy atom. The summed E-state index contributed by atoms with van der Waals surface area (Å²) in [6.45, 7) is 5.19. The molecule has 0 saturated carbocycles. The molecule has 0 aliphatic heterocycles. The zero-order valence-corrected chi connectivity index (χ0v) is 10.9. The fourth-order valence-electron chi connectivity index (χ4n) is 1.28. The summed E-state index contributed by atoms with van der Waals surface area (Å²) in [6.07, 6.45) is 0.939. The topological polar surface area (TPSA) is 64.9 Å². The van der Waals surface area contributed by atoms with Crippen LogP contribution in [0.5, 0.6) is 0 Å². The van der Waals surface area contributed by atoms with E-state index in [0.29, 0.717) is 18.0 Å². The minimum atomic E-state index is -0.214. The predicted octanol–water partition coefficient (Wildman–Crippen LogP) is 1.62. The SMILES string of the molecule is CCCNC(=O)C(C)NCc1ccc(C#N)s1. The van der Waals surface area contributed by atoms with Crippen molar-refractivity contribution in [2.45, 2.75) is 32.9 Å². The van der Waals surface area contributed by atoms with Crippen molar-refractivity contribution in [3.8, 4) is 6.07 Å². The molecule has 5 heteroatoms. The summed E-state index contributed by atoms with van der Waals surface area (Å²) in [5.41, 5.74) is 0. The molecule has 92 valence electrons. The van der Waals surface area contributed by atoms with Gasteiger partial charge in [0.25, 0.3) is 0 Å². The number of nitriles is 1. The van der Waals surface area contributed by atoms with Gasteiger partial charge in [0.15, 0.2) is 0 Å². The lowest BCUT2D eigenvalue weighted by Crippen LogP contribution is -2.41. The van der Waals surface area contributed by atoms with E-state index in [-0.39, 0.29) is 11.9 Å². The second-order valence-electron chi connectivity index (χ2n) is 3.77. The van der Waals surface area contributed by atoms with E-state index in [1.165, 1.54) is 11.3 Å². The van der Waals surface area contributed by atoms with Gasteiger partial charge in [0.2, 0.25) is 5.91 Å². The number of carbonyl (C=O) groups excluding carboxylic acids is 1. The zero-order valence-electron chi connectivity index (χ0n) is 10.1. The molecule has 0 radical (unpaired) electrons. The van der Waals surface area contributed by atoms with E-state index in [4.69, 9.17) is 5.26 Å². The number of amides is 1. The molecule has 4 nitrogen and oxygen atoms in total. The van der Waals surface area contributed by atoms with Crippen LogP contribution in [0.4, 0.5) is 0 Å². The van der Waals surface area contributed by atoms with Gasteiger partial charge in [-0.1, -0.05) is 6.92 Å². The number of hydrogen-bond acceptors (Lipinski definition) is 4. The van der Waals surface area contributed by atoms with Gasteiger partial charge in [-0.05, 0) is 25.5 Å². The molecule has 1 aromatic heterocycles. The molecule has 1 unspecified atom stereocenters. The van der Waals surface area contributed by atoms with Crippen molar-refractivity contribution in [3.63, 3.8) is 0 Å². The lowest BCUT2D eigenvalue weighted by Gasteiger charge is -2.12. The van der Waals surface area contributed by atoms with E-state index in [1.807, 2.05) is 19.9 Å². The number of hydrogen-bond donors (Lipinski definition) is 2. The lowest BCUT2D eigenvalue weighted by atomic mass is 10.3. The molecule has 1 rings (SSSR count). The van der Waals surface area contributed by atoms with Crippen molar-refractivity contribution in [2.75, 3.05) is 6.54 Å². The largest absolute Gasteiger partial charge is 0.355 e. The van der Waals surface area contributed by atoms with Crippen molar-refractivity contribution < 1.29 is 4.79 Å². The van der Waals surface area contributed by atoms with Crippen LogP contribution in [0.25, 0.3) is 0 Å². The summed E-state index contributed by atoms with van der Waals surface area (Å²) in [7, 11) is 0. The van der Waals surface area contributed by atoms with Crippen molar-refractivity contribution >= 4 is 17.2 Å². The number of rotatable bonds is 6. The number of nitrogens with one attached hydrogen (secondary N) is 2. The van der Waals surface area contributed by atoms with E-state index in [2.05, 4.69) is 16.7 Å². The molecule has 0 aromatic carbocycles. The van der Waals surface area contributed by atoms with E-state index < -0.39 is 0 Å². The van der Waals surface area contributed by atoms with E-state index >= 15 is 0 Å². The Hall–Kier alpha value is -1.38. The normalized spacial score (nSPS) is 11.8. The van der Waals surface area contributed by atoms with Gasteiger partial charge >= 0.3 is 0 Å². The van der Waals surface area contributed by atoms with Crippen LogP contribution in [0.3, 0.4) is 0 Å². The molecule has 1 aromatic rings. The first-order valence-electron chi connectivity index (χ1n) is 5.67. The van der Waals surface area contributed by atoms with Gasteiger partial charge in [0.1, 0.15) is 10.9 Å². The fourth-order valence-corrected chi connectivity index (χ4v) is 2.04. The van der Waals surface area contributed by atoms with Crippen molar-refractivity contribution in [3.05, 3.63) is 21.9 Å². The molecule has 0 spiro atoms. The standard InChI is InChI=1S/C12H17N3OS/c1-3-6-14-12(16)9(2)15-8-11-5-4-10(7-13)17-11/h4-5,9,15H,3,6,8H2,1-2H3,(H,14,16). The third kappa shape index (κ3) is 4.55. The van der Waals surface area contributed by atoms with Gasteiger partial charge in [-0.25, -0.2) is 0 Å². The van der Waals surface area contributed by atoms with E-state index in [0.717, 1.165) is 11.3 Å². The van der Waals surface area contributed by atoms with E-state index in [9.17, 15) is 4.79 Å². The summed E-state index contributed by atoms with van der Waals surface area (Å²) in [6, 6.07) is 5.59. The number of thiophene rings is 1. The van der Waals surface area contributed by atoms with Crippen LogP contribution < -0.4 is 10.6 Å². The van der Waals surface area contributed by atoms with Gasteiger partial charge in [-0.15, -0.1) is 11.3 Å². The summed E-state index contributed by atoms with van der Waals surface area (Å²) >= 11 is 1.45. The van der Waals surface area contributed by atoms with Gasteiger partial charge in [0.05, 0.1) is 6.04 Å². The van der Waals surface area contributed by atoms with Crippen LogP contribution in [0.1, 0.15) is 30.0 Å². The maximum atomic E-state index is 11.6. The molecular weight excluding hydrogens is 234 g/mol.